The van der Waals surface area contributed by atoms with E-state index in [4.69, 9.17) is 16.3 Å². The highest BCUT2D eigenvalue weighted by atomic mass is 35.5. The van der Waals surface area contributed by atoms with Crippen molar-refractivity contribution in [2.24, 2.45) is 0 Å². The zero-order chi connectivity index (χ0) is 24.9. The fourth-order valence-electron chi connectivity index (χ4n) is 3.83. The lowest BCUT2D eigenvalue weighted by Crippen LogP contribution is -2.50. The van der Waals surface area contributed by atoms with Gasteiger partial charge < -0.3 is 19.9 Å². The number of halogens is 2. The smallest absolute Gasteiger partial charge is 0.257 e. The van der Waals surface area contributed by atoms with Crippen LogP contribution in [0.25, 0.3) is 0 Å². The van der Waals surface area contributed by atoms with Crippen LogP contribution in [0.5, 0.6) is 5.75 Å². The number of hydrogen-bond acceptors (Lipinski definition) is 4. The average molecular weight is 496 g/mol. The van der Waals surface area contributed by atoms with Gasteiger partial charge in [-0.1, -0.05) is 23.7 Å². The number of carbonyl (C=O) groups excluding carboxylic acids is 3. The second kappa shape index (κ2) is 10.6. The Morgan fingerprint density at radius 1 is 0.857 bits per heavy atom. The van der Waals surface area contributed by atoms with E-state index >= 15 is 0 Å². The minimum absolute atomic E-state index is 0.0936. The molecule has 4 rings (SSSR count). The number of benzene rings is 3. The Morgan fingerprint density at radius 3 is 2.09 bits per heavy atom. The van der Waals surface area contributed by atoms with Gasteiger partial charge in [0.2, 0.25) is 0 Å². The maximum atomic E-state index is 14.1. The van der Waals surface area contributed by atoms with Gasteiger partial charge in [-0.3, -0.25) is 14.4 Å². The molecule has 0 aromatic heterocycles. The predicted octanol–water partition coefficient (Wildman–Crippen LogP) is 4.34. The van der Waals surface area contributed by atoms with E-state index in [-0.39, 0.29) is 48.6 Å². The topological polar surface area (TPSA) is 79.0 Å². The third-order valence-corrected chi connectivity index (χ3v) is 6.01. The molecule has 0 unspecified atom stereocenters. The number of nitrogens with zero attached hydrogens (tertiary/aromatic N) is 2. The van der Waals surface area contributed by atoms with Gasteiger partial charge in [0.15, 0.2) is 0 Å². The molecule has 35 heavy (non-hydrogen) atoms. The van der Waals surface area contributed by atoms with Crippen molar-refractivity contribution < 1.29 is 23.5 Å². The molecule has 1 N–H and O–H groups in total. The van der Waals surface area contributed by atoms with Crippen LogP contribution >= 0.6 is 11.6 Å². The molecule has 0 saturated carbocycles. The lowest BCUT2D eigenvalue weighted by Gasteiger charge is -2.35. The van der Waals surface area contributed by atoms with E-state index in [1.807, 2.05) is 0 Å². The lowest BCUT2D eigenvalue weighted by molar-refractivity contribution is 0.0533. The molecule has 1 aliphatic heterocycles. The first-order valence-electron chi connectivity index (χ1n) is 11.0. The molecule has 0 bridgehead atoms. The summed E-state index contributed by atoms with van der Waals surface area (Å²) >= 11 is 5.91. The van der Waals surface area contributed by atoms with Gasteiger partial charge in [0.05, 0.1) is 23.9 Å². The van der Waals surface area contributed by atoms with Crippen molar-refractivity contribution in [3.8, 4) is 5.75 Å². The molecule has 1 aliphatic rings. The first kappa shape index (κ1) is 24.2. The number of carbonyl (C=O) groups is 3. The lowest BCUT2D eigenvalue weighted by atomic mass is 10.1. The summed E-state index contributed by atoms with van der Waals surface area (Å²) in [6.45, 7) is 1.04. The monoisotopic (exact) mass is 495 g/mol. The maximum absolute atomic E-state index is 14.1. The van der Waals surface area contributed by atoms with Crippen LogP contribution in [0.2, 0.25) is 5.02 Å². The molecule has 0 spiro atoms. The molecule has 0 aliphatic carbocycles. The molecule has 1 fully saturated rings. The summed E-state index contributed by atoms with van der Waals surface area (Å²) in [7, 11) is 1.54. The van der Waals surface area contributed by atoms with Gasteiger partial charge in [-0.25, -0.2) is 4.39 Å². The molecule has 3 aromatic carbocycles. The molecule has 0 atom stereocenters. The first-order chi connectivity index (χ1) is 16.9. The molecule has 3 aromatic rings. The number of para-hydroxylation sites is 1. The fourth-order valence-corrected chi connectivity index (χ4v) is 4.00. The Morgan fingerprint density at radius 2 is 1.46 bits per heavy atom. The predicted molar refractivity (Wildman–Crippen MR) is 131 cm³/mol. The van der Waals surface area contributed by atoms with Gasteiger partial charge in [-0.2, -0.15) is 0 Å². The Bertz CT molecular complexity index is 1260. The van der Waals surface area contributed by atoms with Gasteiger partial charge in [0.25, 0.3) is 17.7 Å². The van der Waals surface area contributed by atoms with E-state index in [1.54, 1.807) is 60.5 Å². The minimum Gasteiger partial charge on any atom is -0.497 e. The fraction of sp³-hybridized carbons (Fsp3) is 0.192. The number of amides is 3. The van der Waals surface area contributed by atoms with Crippen LogP contribution in [0.3, 0.4) is 0 Å². The van der Waals surface area contributed by atoms with Gasteiger partial charge in [-0.15, -0.1) is 0 Å². The third kappa shape index (κ3) is 5.44. The van der Waals surface area contributed by atoms with E-state index in [9.17, 15) is 18.8 Å². The number of ether oxygens (including phenoxy) is 1. The van der Waals surface area contributed by atoms with E-state index in [2.05, 4.69) is 5.32 Å². The zero-order valence-corrected chi connectivity index (χ0v) is 19.7. The summed E-state index contributed by atoms with van der Waals surface area (Å²) in [5, 5.41) is 3.07. The maximum Gasteiger partial charge on any atom is 0.257 e. The number of hydrogen-bond donors (Lipinski definition) is 1. The molecule has 1 heterocycles. The summed E-state index contributed by atoms with van der Waals surface area (Å²) < 4.78 is 19.2. The molecule has 7 nitrogen and oxygen atoms in total. The highest BCUT2D eigenvalue weighted by molar-refractivity contribution is 6.31. The second-order valence-corrected chi connectivity index (χ2v) is 8.37. The van der Waals surface area contributed by atoms with E-state index < -0.39 is 11.7 Å². The summed E-state index contributed by atoms with van der Waals surface area (Å²) in [4.78, 5) is 41.8. The largest absolute Gasteiger partial charge is 0.497 e. The van der Waals surface area contributed by atoms with Crippen LogP contribution in [0.15, 0.2) is 66.7 Å². The van der Waals surface area contributed by atoms with Crippen molar-refractivity contribution in [1.29, 1.82) is 0 Å². The summed E-state index contributed by atoms with van der Waals surface area (Å²) in [5.74, 6) is -1.10. The van der Waals surface area contributed by atoms with Crippen LogP contribution in [-0.2, 0) is 0 Å². The summed E-state index contributed by atoms with van der Waals surface area (Å²) in [5.41, 5.74) is 1.06. The molecule has 0 radical (unpaired) electrons. The van der Waals surface area contributed by atoms with Crippen molar-refractivity contribution in [3.05, 3.63) is 94.3 Å². The van der Waals surface area contributed by atoms with Gasteiger partial charge >= 0.3 is 0 Å². The number of methoxy groups -OCH3 is 1. The zero-order valence-electron chi connectivity index (χ0n) is 19.0. The quantitative estimate of drug-likeness (QED) is 0.571. The molecule has 180 valence electrons. The van der Waals surface area contributed by atoms with Crippen LogP contribution in [0.1, 0.15) is 31.1 Å². The van der Waals surface area contributed by atoms with Crippen molar-refractivity contribution in [2.75, 3.05) is 38.6 Å². The minimum atomic E-state index is -0.639. The molecular weight excluding hydrogens is 473 g/mol. The first-order valence-corrected chi connectivity index (χ1v) is 11.3. The third-order valence-electron chi connectivity index (χ3n) is 5.77. The Hall–Kier alpha value is -3.91. The Labute approximate surface area is 207 Å². The Kier molecular flexibility index (Phi) is 7.31. The van der Waals surface area contributed by atoms with Gasteiger partial charge in [0, 0.05) is 36.8 Å². The van der Waals surface area contributed by atoms with Crippen molar-refractivity contribution >= 4 is 35.0 Å². The van der Waals surface area contributed by atoms with Crippen LogP contribution in [0.4, 0.5) is 10.1 Å². The number of nitrogens with one attached hydrogen (secondary N) is 1. The standard InChI is InChI=1S/C26H23ClFN3O4/c1-35-19-9-6-17(7-10-19)24(32)29-23-5-3-2-4-20(23)25(33)30-12-14-31(15-13-30)26(34)21-16-18(27)8-11-22(21)28/h2-11,16H,12-15H2,1H3,(H,29,32). The van der Waals surface area contributed by atoms with Gasteiger partial charge in [-0.05, 0) is 54.6 Å². The van der Waals surface area contributed by atoms with Gasteiger partial charge in [0.1, 0.15) is 11.6 Å². The molecule has 1 saturated heterocycles. The van der Waals surface area contributed by atoms with Crippen molar-refractivity contribution in [3.63, 3.8) is 0 Å². The number of piperazine rings is 1. The van der Waals surface area contributed by atoms with Crippen LogP contribution in [0, 0.1) is 5.82 Å². The molecule has 3 amide bonds. The highest BCUT2D eigenvalue weighted by Gasteiger charge is 2.28. The Balaban J connectivity index is 1.43. The van der Waals surface area contributed by atoms with Crippen LogP contribution < -0.4 is 10.1 Å². The summed E-state index contributed by atoms with van der Waals surface area (Å²) in [6, 6.07) is 17.2. The average Bonchev–Trinajstić information content (AvgIpc) is 2.89. The van der Waals surface area contributed by atoms with E-state index in [0.29, 0.717) is 22.6 Å². The van der Waals surface area contributed by atoms with E-state index in [0.717, 1.165) is 6.07 Å². The number of anilines is 1. The normalized spacial score (nSPS) is 13.3. The molecule has 9 heteroatoms. The van der Waals surface area contributed by atoms with Crippen molar-refractivity contribution in [2.45, 2.75) is 0 Å². The highest BCUT2D eigenvalue weighted by Crippen LogP contribution is 2.22. The molecular formula is C26H23ClFN3O4. The second-order valence-electron chi connectivity index (χ2n) is 7.94. The number of rotatable bonds is 5. The van der Waals surface area contributed by atoms with E-state index in [1.165, 1.54) is 17.0 Å². The SMILES string of the molecule is COc1ccc(C(=O)Nc2ccccc2C(=O)N2CCN(C(=O)c3cc(Cl)ccc3F)CC2)cc1. The van der Waals surface area contributed by atoms with Crippen LogP contribution in [-0.4, -0.2) is 60.8 Å². The van der Waals surface area contributed by atoms with Crippen molar-refractivity contribution in [1.82, 2.24) is 9.80 Å². The summed E-state index contributed by atoms with van der Waals surface area (Å²) in [6.07, 6.45) is 0.